The van der Waals surface area contributed by atoms with Crippen molar-refractivity contribution in [2.75, 3.05) is 0 Å². The molecule has 0 aliphatic carbocycles. The van der Waals surface area contributed by atoms with Crippen molar-refractivity contribution >= 4 is 35.4 Å². The van der Waals surface area contributed by atoms with Crippen molar-refractivity contribution in [3.63, 3.8) is 0 Å². The topological polar surface area (TPSA) is 46.5 Å². The van der Waals surface area contributed by atoms with Crippen LogP contribution < -0.4 is 0 Å². The standard InChI is InChI=1S/C14H16Cl2O3/c1-14(2,19-13(17)18)8-4-3-5-10-6-7-11(15)12(16)9-10/h3,5-7,9H,4,8H2,1-2H3,(H,17,18)/b5-3+. The first-order valence-corrected chi connectivity index (χ1v) is 6.59. The average Bonchev–Trinajstić information content (AvgIpc) is 2.27. The Bertz CT molecular complexity index is 482. The summed E-state index contributed by atoms with van der Waals surface area (Å²) in [6.45, 7) is 3.49. The SMILES string of the molecule is CC(C)(CC/C=C/c1ccc(Cl)c(Cl)c1)OC(=O)O. The maximum Gasteiger partial charge on any atom is 0.506 e. The number of carbonyl (C=O) groups is 1. The summed E-state index contributed by atoms with van der Waals surface area (Å²) in [7, 11) is 0. The quantitative estimate of drug-likeness (QED) is 0.755. The van der Waals surface area contributed by atoms with E-state index in [2.05, 4.69) is 0 Å². The van der Waals surface area contributed by atoms with Gasteiger partial charge in [0, 0.05) is 0 Å². The molecule has 0 aliphatic heterocycles. The molecule has 0 radical (unpaired) electrons. The minimum absolute atomic E-state index is 0.512. The van der Waals surface area contributed by atoms with E-state index in [1.54, 1.807) is 26.0 Å². The summed E-state index contributed by atoms with van der Waals surface area (Å²) in [6, 6.07) is 5.38. The van der Waals surface area contributed by atoms with Gasteiger partial charge in [0.2, 0.25) is 0 Å². The van der Waals surface area contributed by atoms with E-state index in [1.807, 2.05) is 18.2 Å². The summed E-state index contributed by atoms with van der Waals surface area (Å²) >= 11 is 11.7. The summed E-state index contributed by atoms with van der Waals surface area (Å²) in [6.07, 6.45) is 3.93. The van der Waals surface area contributed by atoms with Crippen LogP contribution in [0.1, 0.15) is 32.3 Å². The van der Waals surface area contributed by atoms with Crippen LogP contribution in [0.3, 0.4) is 0 Å². The van der Waals surface area contributed by atoms with Gasteiger partial charge in [-0.2, -0.15) is 0 Å². The number of allylic oxidation sites excluding steroid dienone is 1. The number of hydrogen-bond acceptors (Lipinski definition) is 2. The molecule has 0 spiro atoms. The monoisotopic (exact) mass is 302 g/mol. The zero-order valence-corrected chi connectivity index (χ0v) is 12.3. The summed E-state index contributed by atoms with van der Waals surface area (Å²) in [5.41, 5.74) is 0.264. The van der Waals surface area contributed by atoms with Gasteiger partial charge in [0.05, 0.1) is 10.0 Å². The first-order chi connectivity index (χ1) is 8.80. The number of ether oxygens (including phenoxy) is 1. The Morgan fingerprint density at radius 3 is 2.63 bits per heavy atom. The number of hydrogen-bond donors (Lipinski definition) is 1. The van der Waals surface area contributed by atoms with E-state index in [-0.39, 0.29) is 0 Å². The van der Waals surface area contributed by atoms with Gasteiger partial charge >= 0.3 is 6.16 Å². The number of benzene rings is 1. The van der Waals surface area contributed by atoms with Crippen LogP contribution in [0.5, 0.6) is 0 Å². The van der Waals surface area contributed by atoms with E-state index in [4.69, 9.17) is 33.0 Å². The molecular formula is C14H16Cl2O3. The van der Waals surface area contributed by atoms with Crippen LogP contribution in [0.2, 0.25) is 10.0 Å². The van der Waals surface area contributed by atoms with Crippen molar-refractivity contribution in [1.82, 2.24) is 0 Å². The lowest BCUT2D eigenvalue weighted by Crippen LogP contribution is -2.26. The van der Waals surface area contributed by atoms with Crippen molar-refractivity contribution < 1.29 is 14.6 Å². The fourth-order valence-corrected chi connectivity index (χ4v) is 1.86. The lowest BCUT2D eigenvalue weighted by molar-refractivity contribution is -0.000315. The maximum atomic E-state index is 10.5. The van der Waals surface area contributed by atoms with Crippen LogP contribution in [-0.4, -0.2) is 16.9 Å². The largest absolute Gasteiger partial charge is 0.506 e. The second-order valence-electron chi connectivity index (χ2n) is 4.74. The van der Waals surface area contributed by atoms with Crippen LogP contribution in [-0.2, 0) is 4.74 Å². The maximum absolute atomic E-state index is 10.5. The van der Waals surface area contributed by atoms with Crippen LogP contribution in [0, 0.1) is 0 Å². The van der Waals surface area contributed by atoms with E-state index in [0.717, 1.165) is 5.56 Å². The summed E-state index contributed by atoms with van der Waals surface area (Å²) in [5, 5.41) is 9.61. The highest BCUT2D eigenvalue weighted by Crippen LogP contribution is 2.23. The van der Waals surface area contributed by atoms with Gasteiger partial charge in [0.25, 0.3) is 0 Å². The zero-order chi connectivity index (χ0) is 14.5. The van der Waals surface area contributed by atoms with Gasteiger partial charge in [-0.1, -0.05) is 41.4 Å². The minimum atomic E-state index is -1.25. The molecule has 1 aromatic rings. The molecule has 0 bridgehead atoms. The fourth-order valence-electron chi connectivity index (χ4n) is 1.55. The van der Waals surface area contributed by atoms with Gasteiger partial charge in [-0.05, 0) is 44.4 Å². The summed E-state index contributed by atoms with van der Waals surface area (Å²) in [4.78, 5) is 10.5. The zero-order valence-electron chi connectivity index (χ0n) is 10.8. The van der Waals surface area contributed by atoms with Crippen molar-refractivity contribution in [1.29, 1.82) is 0 Å². The Kier molecular flexibility index (Phi) is 5.70. The van der Waals surface area contributed by atoms with E-state index < -0.39 is 11.8 Å². The highest BCUT2D eigenvalue weighted by Gasteiger charge is 2.21. The third-order valence-electron chi connectivity index (χ3n) is 2.53. The Morgan fingerprint density at radius 1 is 1.37 bits per heavy atom. The molecular weight excluding hydrogens is 287 g/mol. The first-order valence-electron chi connectivity index (χ1n) is 5.84. The molecule has 3 nitrogen and oxygen atoms in total. The normalized spacial score (nSPS) is 11.8. The lowest BCUT2D eigenvalue weighted by Gasteiger charge is -2.22. The van der Waals surface area contributed by atoms with Crippen LogP contribution in [0.4, 0.5) is 4.79 Å². The minimum Gasteiger partial charge on any atom is -0.450 e. The molecule has 0 fully saturated rings. The molecule has 19 heavy (non-hydrogen) atoms. The number of halogens is 2. The molecule has 0 saturated heterocycles. The average molecular weight is 303 g/mol. The second kappa shape index (κ2) is 6.83. The van der Waals surface area contributed by atoms with Crippen LogP contribution >= 0.6 is 23.2 Å². The van der Waals surface area contributed by atoms with Gasteiger partial charge in [-0.15, -0.1) is 0 Å². The van der Waals surface area contributed by atoms with E-state index in [9.17, 15) is 4.79 Å². The fraction of sp³-hybridized carbons (Fsp3) is 0.357. The van der Waals surface area contributed by atoms with E-state index in [1.165, 1.54) is 0 Å². The molecule has 5 heteroatoms. The second-order valence-corrected chi connectivity index (χ2v) is 5.56. The third kappa shape index (κ3) is 5.99. The first kappa shape index (κ1) is 15.9. The molecule has 0 unspecified atom stereocenters. The molecule has 0 amide bonds. The van der Waals surface area contributed by atoms with Crippen LogP contribution in [0.15, 0.2) is 24.3 Å². The summed E-state index contributed by atoms with van der Waals surface area (Å²) < 4.78 is 4.77. The van der Waals surface area contributed by atoms with Gasteiger partial charge in [-0.25, -0.2) is 4.79 Å². The molecule has 0 aliphatic rings. The predicted molar refractivity (Wildman–Crippen MR) is 77.9 cm³/mol. The predicted octanol–water partition coefficient (Wildman–Crippen LogP) is 5.26. The number of carboxylic acid groups (broad SMARTS) is 1. The van der Waals surface area contributed by atoms with Gasteiger partial charge in [0.1, 0.15) is 5.60 Å². The van der Waals surface area contributed by atoms with Gasteiger partial charge in [-0.3, -0.25) is 0 Å². The molecule has 0 saturated carbocycles. The molecule has 1 aromatic carbocycles. The van der Waals surface area contributed by atoms with Gasteiger partial charge < -0.3 is 9.84 Å². The number of rotatable bonds is 5. The summed E-state index contributed by atoms with van der Waals surface area (Å²) in [5.74, 6) is 0. The molecule has 0 atom stereocenters. The van der Waals surface area contributed by atoms with E-state index in [0.29, 0.717) is 22.9 Å². The molecule has 1 N–H and O–H groups in total. The Labute approximate surface area is 122 Å². The molecule has 0 aromatic heterocycles. The smallest absolute Gasteiger partial charge is 0.450 e. The molecule has 0 heterocycles. The van der Waals surface area contributed by atoms with Crippen molar-refractivity contribution in [3.8, 4) is 0 Å². The van der Waals surface area contributed by atoms with Gasteiger partial charge in [0.15, 0.2) is 0 Å². The van der Waals surface area contributed by atoms with E-state index >= 15 is 0 Å². The lowest BCUT2D eigenvalue weighted by atomic mass is 10.0. The molecule has 1 rings (SSSR count). The molecule has 104 valence electrons. The third-order valence-corrected chi connectivity index (χ3v) is 3.27. The Hall–Kier alpha value is -1.19. The Morgan fingerprint density at radius 2 is 2.05 bits per heavy atom. The van der Waals surface area contributed by atoms with Crippen molar-refractivity contribution in [2.45, 2.75) is 32.3 Å². The highest BCUT2D eigenvalue weighted by molar-refractivity contribution is 6.42. The Balaban J connectivity index is 2.50. The van der Waals surface area contributed by atoms with Crippen molar-refractivity contribution in [2.24, 2.45) is 0 Å². The van der Waals surface area contributed by atoms with Crippen molar-refractivity contribution in [3.05, 3.63) is 39.9 Å². The van der Waals surface area contributed by atoms with Crippen LogP contribution in [0.25, 0.3) is 6.08 Å². The highest BCUT2D eigenvalue weighted by atomic mass is 35.5.